The van der Waals surface area contributed by atoms with Gasteiger partial charge in [0.05, 0.1) is 12.6 Å². The Hall–Kier alpha value is -2.00. The quantitative estimate of drug-likeness (QED) is 0.818. The number of nitrogens with zero attached hydrogens (tertiary/aromatic N) is 1. The largest absolute Gasteiger partial charge is 0.395 e. The van der Waals surface area contributed by atoms with Gasteiger partial charge in [-0.05, 0) is 48.6 Å². The van der Waals surface area contributed by atoms with Crippen molar-refractivity contribution in [1.82, 2.24) is 0 Å². The molecular weight excluding hydrogens is 272 g/mol. The Labute approximate surface area is 132 Å². The van der Waals surface area contributed by atoms with E-state index in [0.717, 1.165) is 17.3 Å². The predicted octanol–water partition coefficient (Wildman–Crippen LogP) is 3.68. The summed E-state index contributed by atoms with van der Waals surface area (Å²) in [5.41, 5.74) is 3.65. The van der Waals surface area contributed by atoms with Crippen molar-refractivity contribution in [1.29, 1.82) is 0 Å². The molecule has 0 heterocycles. The molecule has 0 bridgehead atoms. The van der Waals surface area contributed by atoms with E-state index in [0.29, 0.717) is 12.6 Å². The number of nitrogens with one attached hydrogen (secondary N) is 1. The fourth-order valence-electron chi connectivity index (χ4n) is 2.83. The van der Waals surface area contributed by atoms with Gasteiger partial charge in [-0.1, -0.05) is 30.3 Å². The third kappa shape index (κ3) is 3.60. The second-order valence-corrected chi connectivity index (χ2v) is 6.06. The minimum Gasteiger partial charge on any atom is -0.395 e. The summed E-state index contributed by atoms with van der Waals surface area (Å²) in [4.78, 5) is 2.05. The Morgan fingerprint density at radius 1 is 1.09 bits per heavy atom. The van der Waals surface area contributed by atoms with E-state index in [1.54, 1.807) is 0 Å². The molecule has 0 amide bonds. The smallest absolute Gasteiger partial charge is 0.0606 e. The van der Waals surface area contributed by atoms with Crippen LogP contribution in [0.2, 0.25) is 0 Å². The average Bonchev–Trinajstić information content (AvgIpc) is 3.39. The van der Waals surface area contributed by atoms with Crippen molar-refractivity contribution in [3.8, 4) is 0 Å². The molecular formula is C19H24N2O. The van der Waals surface area contributed by atoms with Gasteiger partial charge in [-0.3, -0.25) is 0 Å². The number of hydrogen-bond donors (Lipinski definition) is 2. The molecule has 1 atom stereocenters. The molecule has 22 heavy (non-hydrogen) atoms. The zero-order valence-electron chi connectivity index (χ0n) is 13.1. The van der Waals surface area contributed by atoms with Crippen molar-refractivity contribution in [2.45, 2.75) is 18.9 Å². The molecule has 3 nitrogen and oxygen atoms in total. The first-order chi connectivity index (χ1) is 10.8. The van der Waals surface area contributed by atoms with Gasteiger partial charge in [-0.2, -0.15) is 0 Å². The van der Waals surface area contributed by atoms with Gasteiger partial charge in [0.25, 0.3) is 0 Å². The maximum Gasteiger partial charge on any atom is 0.0606 e. The number of rotatable bonds is 7. The Bertz CT molecular complexity index is 578. The first-order valence-electron chi connectivity index (χ1n) is 8.01. The number of aliphatic hydroxyl groups excluding tert-OH is 1. The molecule has 2 N–H and O–H groups in total. The maximum absolute atomic E-state index is 9.01. The Morgan fingerprint density at radius 2 is 1.77 bits per heavy atom. The summed E-state index contributed by atoms with van der Waals surface area (Å²) < 4.78 is 0. The fourth-order valence-corrected chi connectivity index (χ4v) is 2.83. The number of aliphatic hydroxyl groups is 1. The predicted molar refractivity (Wildman–Crippen MR) is 92.3 cm³/mol. The van der Waals surface area contributed by atoms with Crippen LogP contribution in [0.4, 0.5) is 11.4 Å². The molecule has 3 rings (SSSR count). The molecule has 1 aliphatic rings. The molecule has 1 fully saturated rings. The first-order valence-corrected chi connectivity index (χ1v) is 8.01. The summed E-state index contributed by atoms with van der Waals surface area (Å²) >= 11 is 0. The van der Waals surface area contributed by atoms with Crippen LogP contribution in [0.3, 0.4) is 0 Å². The van der Waals surface area contributed by atoms with Crippen LogP contribution in [-0.4, -0.2) is 25.3 Å². The molecule has 1 unspecified atom stereocenters. The summed E-state index contributed by atoms with van der Waals surface area (Å²) in [6.45, 7) is 0.829. The average molecular weight is 296 g/mol. The lowest BCUT2D eigenvalue weighted by atomic mass is 10.0. The lowest BCUT2D eigenvalue weighted by Gasteiger charge is -2.22. The highest BCUT2D eigenvalue weighted by Gasteiger charge is 2.32. The lowest BCUT2D eigenvalue weighted by Crippen LogP contribution is -2.21. The van der Waals surface area contributed by atoms with E-state index in [4.69, 9.17) is 5.11 Å². The molecule has 0 aromatic heterocycles. The van der Waals surface area contributed by atoms with Gasteiger partial charge in [0, 0.05) is 25.0 Å². The molecule has 0 spiro atoms. The first kappa shape index (κ1) is 14.9. The van der Waals surface area contributed by atoms with E-state index in [-0.39, 0.29) is 6.61 Å². The normalized spacial score (nSPS) is 15.4. The summed E-state index contributed by atoms with van der Waals surface area (Å²) in [5, 5.41) is 12.7. The van der Waals surface area contributed by atoms with Crippen LogP contribution in [-0.2, 0) is 0 Å². The number of likely N-dealkylation sites (N-methyl/N-ethyl adjacent to an activating group) is 1. The highest BCUT2D eigenvalue weighted by atomic mass is 16.3. The van der Waals surface area contributed by atoms with Gasteiger partial charge in [-0.25, -0.2) is 0 Å². The lowest BCUT2D eigenvalue weighted by molar-refractivity contribution is 0.304. The Morgan fingerprint density at radius 3 is 2.36 bits per heavy atom. The van der Waals surface area contributed by atoms with Gasteiger partial charge < -0.3 is 15.3 Å². The molecule has 2 aromatic rings. The van der Waals surface area contributed by atoms with Crippen LogP contribution in [0.1, 0.15) is 24.4 Å². The summed E-state index contributed by atoms with van der Waals surface area (Å²) in [7, 11) is 2.00. The second kappa shape index (κ2) is 6.84. The van der Waals surface area contributed by atoms with E-state index < -0.39 is 0 Å². The Kier molecular flexibility index (Phi) is 4.64. The number of hydrogen-bond acceptors (Lipinski definition) is 3. The third-order valence-corrected chi connectivity index (χ3v) is 4.32. The van der Waals surface area contributed by atoms with Crippen LogP contribution in [0.15, 0.2) is 54.6 Å². The van der Waals surface area contributed by atoms with Crippen molar-refractivity contribution in [2.75, 3.05) is 30.4 Å². The number of anilines is 2. The standard InChI is InChI=1S/C19H24N2O/c1-21(13-14-22)18-11-9-17(10-12-18)20-19(16-7-8-16)15-5-3-2-4-6-15/h2-6,9-12,16,19-20,22H,7-8,13-14H2,1H3. The molecule has 0 radical (unpaired) electrons. The van der Waals surface area contributed by atoms with Gasteiger partial charge in [0.1, 0.15) is 0 Å². The van der Waals surface area contributed by atoms with Gasteiger partial charge >= 0.3 is 0 Å². The second-order valence-electron chi connectivity index (χ2n) is 6.06. The molecule has 0 aliphatic heterocycles. The van der Waals surface area contributed by atoms with Crippen molar-refractivity contribution in [3.63, 3.8) is 0 Å². The minimum absolute atomic E-state index is 0.175. The van der Waals surface area contributed by atoms with Crippen molar-refractivity contribution in [2.24, 2.45) is 5.92 Å². The molecule has 0 saturated heterocycles. The highest BCUT2D eigenvalue weighted by Crippen LogP contribution is 2.42. The summed E-state index contributed by atoms with van der Waals surface area (Å²) in [5.74, 6) is 0.749. The van der Waals surface area contributed by atoms with Crippen LogP contribution >= 0.6 is 0 Å². The van der Waals surface area contributed by atoms with Crippen LogP contribution < -0.4 is 10.2 Å². The van der Waals surface area contributed by atoms with Crippen LogP contribution in [0.25, 0.3) is 0 Å². The minimum atomic E-state index is 0.175. The molecule has 2 aromatic carbocycles. The summed E-state index contributed by atoms with van der Waals surface area (Å²) in [6, 6.07) is 19.6. The Balaban J connectivity index is 1.71. The summed E-state index contributed by atoms with van der Waals surface area (Å²) in [6.07, 6.45) is 2.62. The van der Waals surface area contributed by atoms with E-state index in [1.165, 1.54) is 18.4 Å². The SMILES string of the molecule is CN(CCO)c1ccc(NC(c2ccccc2)C2CC2)cc1. The fraction of sp³-hybridized carbons (Fsp3) is 0.368. The van der Waals surface area contributed by atoms with E-state index >= 15 is 0 Å². The molecule has 3 heteroatoms. The molecule has 1 aliphatic carbocycles. The van der Waals surface area contributed by atoms with Crippen LogP contribution in [0.5, 0.6) is 0 Å². The van der Waals surface area contributed by atoms with E-state index in [1.807, 2.05) is 7.05 Å². The van der Waals surface area contributed by atoms with Crippen molar-refractivity contribution in [3.05, 3.63) is 60.2 Å². The number of benzene rings is 2. The van der Waals surface area contributed by atoms with Crippen molar-refractivity contribution < 1.29 is 5.11 Å². The highest BCUT2D eigenvalue weighted by molar-refractivity contribution is 5.55. The monoisotopic (exact) mass is 296 g/mol. The zero-order valence-corrected chi connectivity index (χ0v) is 13.1. The topological polar surface area (TPSA) is 35.5 Å². The van der Waals surface area contributed by atoms with E-state index in [2.05, 4.69) is 64.8 Å². The maximum atomic E-state index is 9.01. The third-order valence-electron chi connectivity index (χ3n) is 4.32. The van der Waals surface area contributed by atoms with Gasteiger partial charge in [0.15, 0.2) is 0 Å². The van der Waals surface area contributed by atoms with E-state index in [9.17, 15) is 0 Å². The molecule has 116 valence electrons. The van der Waals surface area contributed by atoms with Crippen LogP contribution in [0, 0.1) is 5.92 Å². The van der Waals surface area contributed by atoms with Crippen molar-refractivity contribution >= 4 is 11.4 Å². The molecule has 1 saturated carbocycles. The zero-order chi connectivity index (χ0) is 15.4. The van der Waals surface area contributed by atoms with Gasteiger partial charge in [0.2, 0.25) is 0 Å². The van der Waals surface area contributed by atoms with Gasteiger partial charge in [-0.15, -0.1) is 0 Å².